The van der Waals surface area contributed by atoms with Gasteiger partial charge in [0.1, 0.15) is 0 Å². The summed E-state index contributed by atoms with van der Waals surface area (Å²) in [6.45, 7) is 14.7. The fourth-order valence-corrected chi connectivity index (χ4v) is 5.52. The highest BCUT2D eigenvalue weighted by Gasteiger charge is 2.40. The first-order valence-electron chi connectivity index (χ1n) is 9.75. The minimum absolute atomic E-state index is 0.0232. The number of benzene rings is 2. The van der Waals surface area contributed by atoms with Gasteiger partial charge in [0.25, 0.3) is 5.70 Å². The summed E-state index contributed by atoms with van der Waals surface area (Å²) in [4.78, 5) is 6.10. The van der Waals surface area contributed by atoms with Crippen LogP contribution in [0, 0.1) is 47.1 Å². The molecule has 0 spiro atoms. The van der Waals surface area contributed by atoms with Crippen molar-refractivity contribution in [2.75, 3.05) is 0 Å². The molecule has 35 heavy (non-hydrogen) atoms. The lowest BCUT2D eigenvalue weighted by molar-refractivity contribution is 0.604. The fraction of sp³-hybridized carbons (Fsp3) is 0.0385. The Balaban J connectivity index is 2.22. The summed E-state index contributed by atoms with van der Waals surface area (Å²) >= 11 is 5.98. The molecule has 0 N–H and O–H groups in total. The third-order valence-electron chi connectivity index (χ3n) is 5.02. The van der Waals surface area contributed by atoms with Crippen LogP contribution in [0.25, 0.3) is 20.8 Å². The SMILES string of the molecule is [C-]#[N+]C(C#N)=C(C(C#N)=CC=CC1=C(C(C#N)[N+]#[C-])c2ccc(Cl)cc2S1(=O)=O)c1ccccc1. The van der Waals surface area contributed by atoms with Crippen LogP contribution in [0.3, 0.4) is 0 Å². The van der Waals surface area contributed by atoms with Crippen LogP contribution in [0.1, 0.15) is 11.1 Å². The number of fused-ring (bicyclic) bond motifs is 1. The molecule has 1 unspecified atom stereocenters. The van der Waals surface area contributed by atoms with Crippen molar-refractivity contribution in [3.05, 3.63) is 122 Å². The van der Waals surface area contributed by atoms with E-state index in [0.717, 1.165) is 0 Å². The Morgan fingerprint density at radius 2 is 1.77 bits per heavy atom. The van der Waals surface area contributed by atoms with E-state index in [9.17, 15) is 24.2 Å². The molecule has 0 bridgehead atoms. The van der Waals surface area contributed by atoms with E-state index < -0.39 is 15.9 Å². The fourth-order valence-electron chi connectivity index (χ4n) is 3.53. The quantitative estimate of drug-likeness (QED) is 0.309. The molecule has 1 heterocycles. The van der Waals surface area contributed by atoms with Crippen LogP contribution in [-0.4, -0.2) is 14.5 Å². The lowest BCUT2D eigenvalue weighted by Gasteiger charge is -2.06. The van der Waals surface area contributed by atoms with Crippen LogP contribution >= 0.6 is 11.6 Å². The predicted molar refractivity (Wildman–Crippen MR) is 130 cm³/mol. The van der Waals surface area contributed by atoms with Crippen LogP contribution in [0.2, 0.25) is 5.02 Å². The van der Waals surface area contributed by atoms with Gasteiger partial charge >= 0.3 is 6.04 Å². The number of sulfone groups is 1. The Bertz CT molecular complexity index is 1630. The number of allylic oxidation sites excluding steroid dienone is 6. The van der Waals surface area contributed by atoms with E-state index in [4.69, 9.17) is 24.7 Å². The molecule has 0 radical (unpaired) electrons. The first kappa shape index (κ1) is 24.7. The van der Waals surface area contributed by atoms with Gasteiger partial charge < -0.3 is 0 Å². The van der Waals surface area contributed by atoms with E-state index in [-0.39, 0.29) is 42.8 Å². The summed E-state index contributed by atoms with van der Waals surface area (Å²) < 4.78 is 26.5. The second-order valence-electron chi connectivity index (χ2n) is 6.95. The molecule has 1 aliphatic heterocycles. The molecular formula is C26H12ClN5O2S. The molecule has 0 aromatic heterocycles. The van der Waals surface area contributed by atoms with Crippen LogP contribution in [0.15, 0.2) is 87.8 Å². The smallest absolute Gasteiger partial charge is 0.292 e. The summed E-state index contributed by atoms with van der Waals surface area (Å²) in [6.07, 6.45) is 3.75. The molecule has 0 saturated carbocycles. The number of hydrogen-bond donors (Lipinski definition) is 0. The van der Waals surface area contributed by atoms with E-state index in [1.807, 2.05) is 12.1 Å². The van der Waals surface area contributed by atoms with Gasteiger partial charge in [-0.15, -0.1) is 0 Å². The number of nitriles is 3. The highest BCUT2D eigenvalue weighted by atomic mass is 35.5. The zero-order valence-electron chi connectivity index (χ0n) is 17.8. The average Bonchev–Trinajstić information content (AvgIpc) is 3.08. The number of halogens is 1. The van der Waals surface area contributed by atoms with Crippen molar-refractivity contribution in [1.82, 2.24) is 0 Å². The van der Waals surface area contributed by atoms with Crippen LogP contribution in [-0.2, 0) is 9.84 Å². The largest absolute Gasteiger partial charge is 0.334 e. The summed E-state index contributed by atoms with van der Waals surface area (Å²) in [7, 11) is -4.10. The topological polar surface area (TPSA) is 114 Å². The van der Waals surface area contributed by atoms with Crippen molar-refractivity contribution in [3.63, 3.8) is 0 Å². The van der Waals surface area contributed by atoms with Crippen LogP contribution in [0.5, 0.6) is 0 Å². The number of hydrogen-bond acceptors (Lipinski definition) is 5. The maximum atomic E-state index is 13.2. The third kappa shape index (κ3) is 4.60. The molecule has 166 valence electrons. The van der Waals surface area contributed by atoms with Crippen molar-refractivity contribution in [2.24, 2.45) is 0 Å². The highest BCUT2D eigenvalue weighted by molar-refractivity contribution is 7.96. The Hall–Kier alpha value is -4.91. The van der Waals surface area contributed by atoms with Gasteiger partial charge in [-0.1, -0.05) is 54.1 Å². The second-order valence-corrected chi connectivity index (χ2v) is 9.27. The normalized spacial score (nSPS) is 15.6. The zero-order chi connectivity index (χ0) is 25.6. The number of rotatable bonds is 5. The van der Waals surface area contributed by atoms with E-state index in [1.54, 1.807) is 36.4 Å². The van der Waals surface area contributed by atoms with Crippen LogP contribution in [0.4, 0.5) is 0 Å². The monoisotopic (exact) mass is 493 g/mol. The Kier molecular flexibility index (Phi) is 7.31. The lowest BCUT2D eigenvalue weighted by Crippen LogP contribution is -2.03. The standard InChI is InChI=1S/C26H12ClN5O2S/c1-31-21(15-29)25(17-7-4-3-5-8-17)18(14-28)9-6-10-23-26(22(16-30)32-2)20-12-11-19(27)13-24(20)35(23,33)34/h3-13,22H. The lowest BCUT2D eigenvalue weighted by atomic mass is 9.96. The van der Waals surface area contributed by atoms with Crippen LogP contribution < -0.4 is 0 Å². The summed E-state index contributed by atoms with van der Waals surface area (Å²) in [6, 6.07) is 16.8. The van der Waals surface area contributed by atoms with Gasteiger partial charge in [0.2, 0.25) is 9.84 Å². The molecule has 0 saturated heterocycles. The van der Waals surface area contributed by atoms with Crippen molar-refractivity contribution in [2.45, 2.75) is 10.9 Å². The molecule has 0 aliphatic carbocycles. The zero-order valence-corrected chi connectivity index (χ0v) is 19.3. The Morgan fingerprint density at radius 3 is 2.34 bits per heavy atom. The minimum Gasteiger partial charge on any atom is -0.292 e. The van der Waals surface area contributed by atoms with Gasteiger partial charge in [-0.3, -0.25) is 4.85 Å². The molecule has 1 aliphatic rings. The third-order valence-corrected chi connectivity index (χ3v) is 7.11. The van der Waals surface area contributed by atoms with Crippen molar-refractivity contribution in [1.29, 1.82) is 15.8 Å². The van der Waals surface area contributed by atoms with Crippen molar-refractivity contribution >= 4 is 32.6 Å². The molecule has 3 rings (SSSR count). The molecule has 2 aromatic carbocycles. The summed E-state index contributed by atoms with van der Waals surface area (Å²) in [5, 5.41) is 28.8. The van der Waals surface area contributed by atoms with Gasteiger partial charge in [0.15, 0.2) is 6.07 Å². The van der Waals surface area contributed by atoms with E-state index >= 15 is 0 Å². The van der Waals surface area contributed by atoms with Crippen molar-refractivity contribution in [3.8, 4) is 18.2 Å². The molecule has 1 atom stereocenters. The highest BCUT2D eigenvalue weighted by Crippen LogP contribution is 2.43. The maximum Gasteiger partial charge on any atom is 0.334 e. The molecule has 2 aromatic rings. The minimum atomic E-state index is -4.10. The van der Waals surface area contributed by atoms with Gasteiger partial charge in [0, 0.05) is 16.2 Å². The molecule has 0 amide bonds. The van der Waals surface area contributed by atoms with E-state index in [1.165, 1.54) is 36.4 Å². The Morgan fingerprint density at radius 1 is 1.06 bits per heavy atom. The van der Waals surface area contributed by atoms with Gasteiger partial charge in [-0.25, -0.2) is 25.1 Å². The molecule has 7 nitrogen and oxygen atoms in total. The van der Waals surface area contributed by atoms with Crippen molar-refractivity contribution < 1.29 is 8.42 Å². The predicted octanol–water partition coefficient (Wildman–Crippen LogP) is 5.51. The van der Waals surface area contributed by atoms with E-state index in [0.29, 0.717) is 5.56 Å². The first-order valence-corrected chi connectivity index (χ1v) is 11.6. The van der Waals surface area contributed by atoms with Gasteiger partial charge in [-0.05, 0) is 29.8 Å². The van der Waals surface area contributed by atoms with E-state index in [2.05, 4.69) is 9.69 Å². The van der Waals surface area contributed by atoms with Gasteiger partial charge in [0.05, 0.1) is 39.7 Å². The number of nitrogens with zero attached hydrogens (tertiary/aromatic N) is 5. The molecular weight excluding hydrogens is 482 g/mol. The summed E-state index contributed by atoms with van der Waals surface area (Å²) in [5.41, 5.74) is 0.463. The Labute approximate surface area is 207 Å². The second kappa shape index (κ2) is 10.4. The average molecular weight is 494 g/mol. The first-order chi connectivity index (χ1) is 16.8. The molecule has 0 fully saturated rings. The summed E-state index contributed by atoms with van der Waals surface area (Å²) in [5.74, 6) is 0. The maximum absolute atomic E-state index is 13.2. The van der Waals surface area contributed by atoms with Gasteiger partial charge in [-0.2, -0.15) is 10.5 Å². The molecule has 9 heteroatoms.